The molecule has 0 aromatic heterocycles. The molecule has 0 amide bonds. The smallest absolute Gasteiger partial charge is 0.165 e. The third-order valence-electron chi connectivity index (χ3n) is 2.26. The van der Waals surface area contributed by atoms with E-state index in [1.165, 1.54) is 6.07 Å². The Bertz CT molecular complexity index is 287. The Labute approximate surface area is 79.6 Å². The van der Waals surface area contributed by atoms with Crippen LogP contribution in [0.15, 0.2) is 12.1 Å². The van der Waals surface area contributed by atoms with E-state index in [0.717, 1.165) is 12.0 Å². The highest BCUT2D eigenvalue weighted by atomic mass is 31.0. The second-order valence-corrected chi connectivity index (χ2v) is 3.84. The van der Waals surface area contributed by atoms with E-state index in [0.29, 0.717) is 5.30 Å². The minimum Gasteiger partial charge on any atom is -0.204 e. The highest BCUT2D eigenvalue weighted by Crippen LogP contribution is 2.20. The Hall–Kier alpha value is -0.490. The number of halogens is 2. The van der Waals surface area contributed by atoms with Gasteiger partial charge in [-0.2, -0.15) is 0 Å². The van der Waals surface area contributed by atoms with Gasteiger partial charge in [-0.3, -0.25) is 0 Å². The monoisotopic (exact) mass is 202 g/mol. The zero-order chi connectivity index (χ0) is 10.0. The van der Waals surface area contributed by atoms with Crippen molar-refractivity contribution in [3.63, 3.8) is 0 Å². The van der Waals surface area contributed by atoms with Crippen LogP contribution in [0.3, 0.4) is 0 Å². The molecule has 1 aromatic rings. The van der Waals surface area contributed by atoms with Crippen molar-refractivity contribution >= 4 is 14.5 Å². The van der Waals surface area contributed by atoms with Gasteiger partial charge in [-0.1, -0.05) is 13.8 Å². The molecule has 2 atom stereocenters. The second kappa shape index (κ2) is 4.15. The molecule has 0 saturated heterocycles. The molecule has 13 heavy (non-hydrogen) atoms. The zero-order valence-electron chi connectivity index (χ0n) is 7.77. The molecular formula is C10H13F2P. The number of hydrogen-bond donors (Lipinski definition) is 0. The summed E-state index contributed by atoms with van der Waals surface area (Å²) in [6.45, 7) is 4.02. The fourth-order valence-corrected chi connectivity index (χ4v) is 1.48. The van der Waals surface area contributed by atoms with E-state index in [2.05, 4.69) is 9.24 Å². The predicted octanol–water partition coefficient (Wildman–Crippen LogP) is 2.98. The fourth-order valence-electron chi connectivity index (χ4n) is 1.15. The van der Waals surface area contributed by atoms with Gasteiger partial charge in [-0.25, -0.2) is 8.78 Å². The normalized spacial score (nSPS) is 13.0. The quantitative estimate of drug-likeness (QED) is 0.647. The molecule has 0 aliphatic carbocycles. The Morgan fingerprint density at radius 1 is 1.38 bits per heavy atom. The summed E-state index contributed by atoms with van der Waals surface area (Å²) < 4.78 is 25.8. The molecule has 0 radical (unpaired) electrons. The first-order valence-electron chi connectivity index (χ1n) is 4.30. The van der Waals surface area contributed by atoms with Gasteiger partial charge in [-0.15, -0.1) is 9.24 Å². The highest BCUT2D eigenvalue weighted by molar-refractivity contribution is 7.27. The van der Waals surface area contributed by atoms with Gasteiger partial charge in [0, 0.05) is 5.30 Å². The van der Waals surface area contributed by atoms with E-state index in [-0.39, 0.29) is 5.92 Å². The first-order valence-corrected chi connectivity index (χ1v) is 4.88. The molecule has 0 saturated carbocycles. The first-order chi connectivity index (χ1) is 6.06. The molecule has 0 spiro atoms. The summed E-state index contributed by atoms with van der Waals surface area (Å²) in [5.74, 6) is -1.26. The lowest BCUT2D eigenvalue weighted by atomic mass is 9.99. The van der Waals surface area contributed by atoms with Gasteiger partial charge in [0.2, 0.25) is 0 Å². The molecular weight excluding hydrogens is 189 g/mol. The molecule has 3 heteroatoms. The Balaban J connectivity index is 3.13. The Kier molecular flexibility index (Phi) is 3.38. The molecule has 0 N–H and O–H groups in total. The largest absolute Gasteiger partial charge is 0.204 e. The fraction of sp³-hybridized carbons (Fsp3) is 0.400. The molecule has 0 aliphatic rings. The van der Waals surface area contributed by atoms with Crippen molar-refractivity contribution in [2.75, 3.05) is 0 Å². The van der Waals surface area contributed by atoms with Crippen molar-refractivity contribution in [2.45, 2.75) is 26.2 Å². The third-order valence-corrected chi connectivity index (χ3v) is 2.68. The molecule has 2 unspecified atom stereocenters. The van der Waals surface area contributed by atoms with Crippen LogP contribution in [0.2, 0.25) is 0 Å². The van der Waals surface area contributed by atoms with Gasteiger partial charge in [0.05, 0.1) is 0 Å². The van der Waals surface area contributed by atoms with Crippen molar-refractivity contribution < 1.29 is 8.78 Å². The SMILES string of the molecule is CCC(C)c1cc(F)c(F)c(P)c1. The van der Waals surface area contributed by atoms with Crippen LogP contribution in [0.4, 0.5) is 8.78 Å². The predicted molar refractivity (Wildman–Crippen MR) is 54.4 cm³/mol. The van der Waals surface area contributed by atoms with Crippen LogP contribution in [-0.4, -0.2) is 0 Å². The molecule has 1 rings (SSSR count). The van der Waals surface area contributed by atoms with E-state index >= 15 is 0 Å². The number of hydrogen-bond acceptors (Lipinski definition) is 0. The van der Waals surface area contributed by atoms with Crippen molar-refractivity contribution in [1.29, 1.82) is 0 Å². The maximum Gasteiger partial charge on any atom is 0.165 e. The maximum absolute atomic E-state index is 12.9. The molecule has 0 heterocycles. The van der Waals surface area contributed by atoms with Gasteiger partial charge in [0.1, 0.15) is 0 Å². The summed E-state index contributed by atoms with van der Waals surface area (Å²) in [5.41, 5.74) is 0.853. The number of benzene rings is 1. The van der Waals surface area contributed by atoms with Crippen molar-refractivity contribution in [3.05, 3.63) is 29.3 Å². The molecule has 0 nitrogen and oxygen atoms in total. The highest BCUT2D eigenvalue weighted by Gasteiger charge is 2.10. The summed E-state index contributed by atoms with van der Waals surface area (Å²) in [5, 5.41) is 0.301. The number of rotatable bonds is 2. The Morgan fingerprint density at radius 2 is 2.00 bits per heavy atom. The van der Waals surface area contributed by atoms with Crippen LogP contribution in [0.25, 0.3) is 0 Å². The summed E-state index contributed by atoms with van der Waals surface area (Å²) >= 11 is 0. The minimum atomic E-state index is -0.767. The van der Waals surface area contributed by atoms with Crippen LogP contribution < -0.4 is 5.30 Å². The zero-order valence-corrected chi connectivity index (χ0v) is 8.93. The minimum absolute atomic E-state index is 0.273. The van der Waals surface area contributed by atoms with Gasteiger partial charge < -0.3 is 0 Å². The molecule has 0 bridgehead atoms. The van der Waals surface area contributed by atoms with E-state index in [4.69, 9.17) is 0 Å². The van der Waals surface area contributed by atoms with Crippen molar-refractivity contribution in [1.82, 2.24) is 0 Å². The van der Waals surface area contributed by atoms with Gasteiger partial charge in [0.25, 0.3) is 0 Å². The third kappa shape index (κ3) is 2.25. The van der Waals surface area contributed by atoms with Crippen molar-refractivity contribution in [2.24, 2.45) is 0 Å². The van der Waals surface area contributed by atoms with Crippen LogP contribution in [-0.2, 0) is 0 Å². The van der Waals surface area contributed by atoms with Crippen LogP contribution in [0.5, 0.6) is 0 Å². The summed E-state index contributed by atoms with van der Waals surface area (Å²) in [6.07, 6.45) is 0.926. The van der Waals surface area contributed by atoms with E-state index in [1.54, 1.807) is 6.07 Å². The van der Waals surface area contributed by atoms with Crippen LogP contribution in [0, 0.1) is 11.6 Å². The molecule has 0 aliphatic heterocycles. The molecule has 72 valence electrons. The second-order valence-electron chi connectivity index (χ2n) is 3.22. The summed E-state index contributed by atoms with van der Waals surface area (Å²) in [6, 6.07) is 2.95. The lowest BCUT2D eigenvalue weighted by Gasteiger charge is -2.10. The van der Waals surface area contributed by atoms with E-state index < -0.39 is 11.6 Å². The molecule has 1 aromatic carbocycles. The maximum atomic E-state index is 12.9. The first kappa shape index (κ1) is 10.6. The topological polar surface area (TPSA) is 0 Å². The summed E-state index contributed by atoms with van der Waals surface area (Å²) in [7, 11) is 2.21. The standard InChI is InChI=1S/C10H13F2P/c1-3-6(2)7-4-8(11)10(12)9(13)5-7/h4-6H,3,13H2,1-2H3. The van der Waals surface area contributed by atoms with E-state index in [1.807, 2.05) is 13.8 Å². The van der Waals surface area contributed by atoms with Gasteiger partial charge in [0.15, 0.2) is 11.6 Å². The molecule has 0 fully saturated rings. The average Bonchev–Trinajstić information content (AvgIpc) is 2.12. The van der Waals surface area contributed by atoms with Gasteiger partial charge >= 0.3 is 0 Å². The van der Waals surface area contributed by atoms with Crippen LogP contribution >= 0.6 is 9.24 Å². The van der Waals surface area contributed by atoms with Crippen LogP contribution in [0.1, 0.15) is 31.7 Å². The van der Waals surface area contributed by atoms with Gasteiger partial charge in [-0.05, 0) is 30.0 Å². The lowest BCUT2D eigenvalue weighted by molar-refractivity contribution is 0.511. The van der Waals surface area contributed by atoms with Crippen molar-refractivity contribution in [3.8, 4) is 0 Å². The van der Waals surface area contributed by atoms with E-state index in [9.17, 15) is 8.78 Å². The summed E-state index contributed by atoms with van der Waals surface area (Å²) in [4.78, 5) is 0. The average molecular weight is 202 g/mol. The lowest BCUT2D eigenvalue weighted by Crippen LogP contribution is -2.06. The Morgan fingerprint density at radius 3 is 2.46 bits per heavy atom.